The van der Waals surface area contributed by atoms with E-state index in [9.17, 15) is 4.79 Å². The Hall–Kier alpha value is -1.56. The highest BCUT2D eigenvalue weighted by atomic mass is 127. The highest BCUT2D eigenvalue weighted by molar-refractivity contribution is 14.1. The molecule has 1 N–H and O–H groups in total. The van der Waals surface area contributed by atoms with Crippen LogP contribution in [0.2, 0.25) is 0 Å². The number of amides is 1. The van der Waals surface area contributed by atoms with Gasteiger partial charge in [0, 0.05) is 15.8 Å². The topological polar surface area (TPSA) is 32.3 Å². The zero-order valence-electron chi connectivity index (χ0n) is 10.3. The average Bonchev–Trinajstić information content (AvgIpc) is 2.44. The number of rotatable bonds is 2. The molecule has 0 saturated carbocycles. The number of carbonyl (C=O) groups is 1. The highest BCUT2D eigenvalue weighted by Crippen LogP contribution is 2.25. The van der Waals surface area contributed by atoms with Crippen LogP contribution in [0.25, 0.3) is 0 Å². The molecule has 96 valence electrons. The molecule has 3 nitrogen and oxygen atoms in total. The molecule has 3 rings (SSSR count). The second kappa shape index (κ2) is 5.21. The Bertz CT molecular complexity index is 613. The van der Waals surface area contributed by atoms with Crippen molar-refractivity contribution in [1.82, 2.24) is 4.90 Å². The van der Waals surface area contributed by atoms with Gasteiger partial charge in [-0.05, 0) is 46.4 Å². The van der Waals surface area contributed by atoms with Crippen molar-refractivity contribution in [2.75, 3.05) is 12.0 Å². The summed E-state index contributed by atoms with van der Waals surface area (Å²) < 4.78 is 1.08. The van der Waals surface area contributed by atoms with Gasteiger partial charge in [0.05, 0.1) is 12.2 Å². The van der Waals surface area contributed by atoms with Crippen LogP contribution in [0, 0.1) is 3.57 Å². The van der Waals surface area contributed by atoms with Crippen molar-refractivity contribution in [1.29, 1.82) is 0 Å². The van der Waals surface area contributed by atoms with E-state index in [1.165, 1.54) is 0 Å². The van der Waals surface area contributed by atoms with E-state index in [0.29, 0.717) is 13.2 Å². The fourth-order valence-corrected chi connectivity index (χ4v) is 2.69. The quantitative estimate of drug-likeness (QED) is 0.830. The minimum Gasteiger partial charge on any atom is -0.367 e. The summed E-state index contributed by atoms with van der Waals surface area (Å²) >= 11 is 2.23. The van der Waals surface area contributed by atoms with Crippen molar-refractivity contribution in [3.63, 3.8) is 0 Å². The standard InChI is InChI=1S/C15H13IN2O/c16-12-6-7-14-13(8-12)15(19)18(10-17-14)9-11-4-2-1-3-5-11/h1-8,17H,9-10H2. The minimum atomic E-state index is 0.0936. The van der Waals surface area contributed by atoms with Crippen LogP contribution < -0.4 is 5.32 Å². The van der Waals surface area contributed by atoms with E-state index in [-0.39, 0.29) is 5.91 Å². The molecule has 1 aliphatic rings. The van der Waals surface area contributed by atoms with E-state index in [0.717, 1.165) is 20.4 Å². The Morgan fingerprint density at radius 3 is 2.74 bits per heavy atom. The summed E-state index contributed by atoms with van der Waals surface area (Å²) in [7, 11) is 0. The number of anilines is 1. The smallest absolute Gasteiger partial charge is 0.257 e. The van der Waals surface area contributed by atoms with E-state index in [4.69, 9.17) is 0 Å². The van der Waals surface area contributed by atoms with Crippen LogP contribution in [-0.4, -0.2) is 17.5 Å². The third-order valence-corrected chi connectivity index (χ3v) is 3.85. The third-order valence-electron chi connectivity index (χ3n) is 3.18. The van der Waals surface area contributed by atoms with Crippen LogP contribution in [-0.2, 0) is 6.54 Å². The van der Waals surface area contributed by atoms with Gasteiger partial charge in [-0.25, -0.2) is 0 Å². The van der Waals surface area contributed by atoms with E-state index in [2.05, 4.69) is 27.9 Å². The predicted molar refractivity (Wildman–Crippen MR) is 84.0 cm³/mol. The summed E-state index contributed by atoms with van der Waals surface area (Å²) in [6, 6.07) is 16.0. The second-order valence-electron chi connectivity index (χ2n) is 4.51. The fourth-order valence-electron chi connectivity index (χ4n) is 2.20. The molecule has 0 aromatic heterocycles. The van der Waals surface area contributed by atoms with Gasteiger partial charge in [-0.1, -0.05) is 30.3 Å². The van der Waals surface area contributed by atoms with Crippen LogP contribution in [0.3, 0.4) is 0 Å². The number of benzene rings is 2. The normalized spacial score (nSPS) is 13.9. The van der Waals surface area contributed by atoms with E-state index < -0.39 is 0 Å². The summed E-state index contributed by atoms with van der Waals surface area (Å²) in [5.74, 6) is 0.0936. The van der Waals surface area contributed by atoms with Gasteiger partial charge in [-0.3, -0.25) is 4.79 Å². The Morgan fingerprint density at radius 1 is 1.16 bits per heavy atom. The van der Waals surface area contributed by atoms with E-state index in [1.807, 2.05) is 53.4 Å². The SMILES string of the molecule is O=C1c2cc(I)ccc2NCN1Cc1ccccc1. The Morgan fingerprint density at radius 2 is 1.95 bits per heavy atom. The first-order chi connectivity index (χ1) is 9.24. The second-order valence-corrected chi connectivity index (χ2v) is 5.76. The molecule has 19 heavy (non-hydrogen) atoms. The van der Waals surface area contributed by atoms with Crippen LogP contribution in [0.1, 0.15) is 15.9 Å². The molecule has 2 aromatic rings. The molecule has 0 atom stereocenters. The van der Waals surface area contributed by atoms with Crippen LogP contribution in [0.5, 0.6) is 0 Å². The molecule has 0 saturated heterocycles. The summed E-state index contributed by atoms with van der Waals surface area (Å²) in [5, 5.41) is 3.29. The molecule has 0 bridgehead atoms. The molecule has 0 fully saturated rings. The summed E-state index contributed by atoms with van der Waals surface area (Å²) in [6.07, 6.45) is 0. The van der Waals surface area contributed by atoms with Gasteiger partial charge >= 0.3 is 0 Å². The summed E-state index contributed by atoms with van der Waals surface area (Å²) in [6.45, 7) is 1.19. The molecule has 1 aliphatic heterocycles. The lowest BCUT2D eigenvalue weighted by atomic mass is 10.1. The largest absolute Gasteiger partial charge is 0.367 e. The lowest BCUT2D eigenvalue weighted by Crippen LogP contribution is -2.39. The first kappa shape index (κ1) is 12.5. The Balaban J connectivity index is 1.85. The van der Waals surface area contributed by atoms with Gasteiger partial charge < -0.3 is 10.2 Å². The number of hydrogen-bond donors (Lipinski definition) is 1. The van der Waals surface area contributed by atoms with Crippen molar-refractivity contribution in [2.24, 2.45) is 0 Å². The predicted octanol–water partition coefficient (Wildman–Crippen LogP) is 3.32. The lowest BCUT2D eigenvalue weighted by Gasteiger charge is -2.30. The molecule has 0 radical (unpaired) electrons. The van der Waals surface area contributed by atoms with Gasteiger partial charge in [-0.2, -0.15) is 0 Å². The number of nitrogens with zero attached hydrogens (tertiary/aromatic N) is 1. The molecule has 1 heterocycles. The highest BCUT2D eigenvalue weighted by Gasteiger charge is 2.23. The molecule has 4 heteroatoms. The van der Waals surface area contributed by atoms with Crippen LogP contribution >= 0.6 is 22.6 Å². The number of carbonyl (C=O) groups excluding carboxylic acids is 1. The maximum atomic E-state index is 12.5. The van der Waals surface area contributed by atoms with Crippen molar-refractivity contribution in [2.45, 2.75) is 6.54 Å². The first-order valence-electron chi connectivity index (χ1n) is 6.10. The van der Waals surface area contributed by atoms with E-state index >= 15 is 0 Å². The van der Waals surface area contributed by atoms with Crippen molar-refractivity contribution in [3.05, 3.63) is 63.2 Å². The van der Waals surface area contributed by atoms with Gasteiger partial charge in [0.2, 0.25) is 0 Å². The lowest BCUT2D eigenvalue weighted by molar-refractivity contribution is 0.0746. The molecule has 0 aliphatic carbocycles. The Kier molecular flexibility index (Phi) is 3.42. The summed E-state index contributed by atoms with van der Waals surface area (Å²) in [5.41, 5.74) is 2.83. The van der Waals surface area contributed by atoms with Gasteiger partial charge in [-0.15, -0.1) is 0 Å². The van der Waals surface area contributed by atoms with E-state index in [1.54, 1.807) is 0 Å². The van der Waals surface area contributed by atoms with Gasteiger partial charge in [0.1, 0.15) is 0 Å². The minimum absolute atomic E-state index is 0.0936. The average molecular weight is 364 g/mol. The molecular formula is C15H13IN2O. The zero-order chi connectivity index (χ0) is 13.2. The van der Waals surface area contributed by atoms with Crippen molar-refractivity contribution in [3.8, 4) is 0 Å². The number of halogens is 1. The molecule has 2 aromatic carbocycles. The van der Waals surface area contributed by atoms with Gasteiger partial charge in [0.15, 0.2) is 0 Å². The number of hydrogen-bond acceptors (Lipinski definition) is 2. The monoisotopic (exact) mass is 364 g/mol. The maximum Gasteiger partial charge on any atom is 0.257 e. The fraction of sp³-hybridized carbons (Fsp3) is 0.133. The van der Waals surface area contributed by atoms with Crippen LogP contribution in [0.4, 0.5) is 5.69 Å². The molecule has 0 unspecified atom stereocenters. The molecule has 1 amide bonds. The first-order valence-corrected chi connectivity index (χ1v) is 7.18. The van der Waals surface area contributed by atoms with Gasteiger partial charge in [0.25, 0.3) is 5.91 Å². The zero-order valence-corrected chi connectivity index (χ0v) is 12.4. The van der Waals surface area contributed by atoms with Crippen LogP contribution in [0.15, 0.2) is 48.5 Å². The molecule has 0 spiro atoms. The number of nitrogens with one attached hydrogen (secondary N) is 1. The Labute approximate surface area is 125 Å². The summed E-state index contributed by atoms with van der Waals surface area (Å²) in [4.78, 5) is 14.3. The maximum absolute atomic E-state index is 12.5. The molecular weight excluding hydrogens is 351 g/mol. The van der Waals surface area contributed by atoms with Crippen molar-refractivity contribution >= 4 is 34.2 Å². The van der Waals surface area contributed by atoms with Crippen molar-refractivity contribution < 1.29 is 4.79 Å². The third kappa shape index (κ3) is 2.58. The number of fused-ring (bicyclic) bond motifs is 1.